The van der Waals surface area contributed by atoms with Crippen LogP contribution in [0.1, 0.15) is 52.0 Å². The molecule has 0 aromatic heterocycles. The summed E-state index contributed by atoms with van der Waals surface area (Å²) in [4.78, 5) is 40.3. The Balaban J connectivity index is 1.84. The molecule has 3 aromatic carbocycles. The molecule has 0 saturated carbocycles. The molecule has 7 nitrogen and oxygen atoms in total. The Labute approximate surface area is 215 Å². The van der Waals surface area contributed by atoms with Gasteiger partial charge in [-0.2, -0.15) is 0 Å². The molecule has 1 fully saturated rings. The first-order valence-electron chi connectivity index (χ1n) is 12.1. The van der Waals surface area contributed by atoms with Gasteiger partial charge in [0.15, 0.2) is 0 Å². The molecule has 0 spiro atoms. The number of ether oxygens (including phenoxy) is 2. The van der Waals surface area contributed by atoms with Gasteiger partial charge < -0.3 is 14.6 Å². The molecule has 37 heavy (non-hydrogen) atoms. The fraction of sp³-hybridized carbons (Fsp3) is 0.233. The van der Waals surface area contributed by atoms with Crippen LogP contribution in [0, 0.1) is 13.8 Å². The first kappa shape index (κ1) is 25.7. The van der Waals surface area contributed by atoms with Crippen molar-refractivity contribution in [2.24, 2.45) is 0 Å². The van der Waals surface area contributed by atoms with Crippen molar-refractivity contribution in [2.75, 3.05) is 18.6 Å². The Morgan fingerprint density at radius 3 is 2.30 bits per heavy atom. The van der Waals surface area contributed by atoms with Gasteiger partial charge in [-0.1, -0.05) is 36.8 Å². The number of hydrogen-bond acceptors (Lipinski definition) is 6. The monoisotopic (exact) mass is 499 g/mol. The smallest absolute Gasteiger partial charge is 0.338 e. The number of nitrogens with zero attached hydrogens (tertiary/aromatic N) is 1. The van der Waals surface area contributed by atoms with Gasteiger partial charge in [-0.3, -0.25) is 14.5 Å². The maximum absolute atomic E-state index is 13.4. The van der Waals surface area contributed by atoms with Crippen LogP contribution in [0.4, 0.5) is 5.69 Å². The number of hydrogen-bond donors (Lipinski definition) is 1. The van der Waals surface area contributed by atoms with E-state index in [1.165, 1.54) is 4.90 Å². The number of aliphatic hydroxyl groups is 1. The first-order chi connectivity index (χ1) is 17.8. The largest absolute Gasteiger partial charge is 0.507 e. The molecule has 1 N–H and O–H groups in total. The van der Waals surface area contributed by atoms with E-state index in [1.54, 1.807) is 49.6 Å². The zero-order valence-electron chi connectivity index (χ0n) is 21.3. The van der Waals surface area contributed by atoms with Crippen molar-refractivity contribution in [3.8, 4) is 5.75 Å². The molecule has 1 heterocycles. The number of methoxy groups -OCH3 is 1. The number of esters is 1. The second-order valence-electron chi connectivity index (χ2n) is 8.95. The van der Waals surface area contributed by atoms with E-state index in [2.05, 4.69) is 0 Å². The highest BCUT2D eigenvalue weighted by Gasteiger charge is 2.47. The summed E-state index contributed by atoms with van der Waals surface area (Å²) in [6.45, 7) is 5.97. The van der Waals surface area contributed by atoms with E-state index in [-0.39, 0.29) is 11.3 Å². The third-order valence-corrected chi connectivity index (χ3v) is 6.29. The number of benzene rings is 3. The highest BCUT2D eigenvalue weighted by molar-refractivity contribution is 6.51. The highest BCUT2D eigenvalue weighted by Crippen LogP contribution is 2.42. The van der Waals surface area contributed by atoms with Crippen LogP contribution in [-0.4, -0.2) is 36.5 Å². The third kappa shape index (κ3) is 4.98. The maximum atomic E-state index is 13.4. The average Bonchev–Trinajstić information content (AvgIpc) is 3.17. The molecule has 1 unspecified atom stereocenters. The number of ketones is 1. The number of rotatable bonds is 7. The van der Waals surface area contributed by atoms with Crippen LogP contribution < -0.4 is 9.64 Å². The summed E-state index contributed by atoms with van der Waals surface area (Å²) in [5.41, 5.74) is 3.56. The van der Waals surface area contributed by atoms with Gasteiger partial charge in [0.1, 0.15) is 11.5 Å². The Hall–Kier alpha value is -4.39. The topological polar surface area (TPSA) is 93.1 Å². The Kier molecular flexibility index (Phi) is 7.43. The zero-order valence-corrected chi connectivity index (χ0v) is 21.3. The Bertz CT molecular complexity index is 1390. The van der Waals surface area contributed by atoms with Gasteiger partial charge in [0.05, 0.1) is 30.9 Å². The molecule has 7 heteroatoms. The summed E-state index contributed by atoms with van der Waals surface area (Å²) < 4.78 is 10.5. The molecule has 1 atom stereocenters. The van der Waals surface area contributed by atoms with Gasteiger partial charge >= 0.3 is 5.97 Å². The molecule has 1 aliphatic heterocycles. The van der Waals surface area contributed by atoms with Crippen LogP contribution in [0.3, 0.4) is 0 Å². The van der Waals surface area contributed by atoms with Crippen LogP contribution in [-0.2, 0) is 14.3 Å². The van der Waals surface area contributed by atoms with Crippen molar-refractivity contribution >= 4 is 29.1 Å². The molecule has 0 radical (unpaired) electrons. The average molecular weight is 500 g/mol. The van der Waals surface area contributed by atoms with E-state index in [0.29, 0.717) is 41.2 Å². The predicted octanol–water partition coefficient (Wildman–Crippen LogP) is 5.51. The first-order valence-corrected chi connectivity index (χ1v) is 12.1. The van der Waals surface area contributed by atoms with E-state index < -0.39 is 23.7 Å². The van der Waals surface area contributed by atoms with E-state index in [9.17, 15) is 19.5 Å². The number of amides is 1. The fourth-order valence-electron chi connectivity index (χ4n) is 4.47. The molecule has 1 saturated heterocycles. The summed E-state index contributed by atoms with van der Waals surface area (Å²) in [6.07, 6.45) is 0.707. The van der Waals surface area contributed by atoms with Crippen molar-refractivity contribution in [1.82, 2.24) is 0 Å². The lowest BCUT2D eigenvalue weighted by Crippen LogP contribution is -2.29. The van der Waals surface area contributed by atoms with Crippen LogP contribution in [0.5, 0.6) is 5.75 Å². The van der Waals surface area contributed by atoms with E-state index >= 15 is 0 Å². The Morgan fingerprint density at radius 1 is 0.973 bits per heavy atom. The van der Waals surface area contributed by atoms with Crippen LogP contribution in [0.15, 0.2) is 72.3 Å². The summed E-state index contributed by atoms with van der Waals surface area (Å²) in [7, 11) is 1.56. The van der Waals surface area contributed by atoms with Gasteiger partial charge in [0, 0.05) is 11.3 Å². The lowest BCUT2D eigenvalue weighted by molar-refractivity contribution is -0.132. The number of aliphatic hydroxyl groups excluding tert-OH is 1. The quantitative estimate of drug-likeness (QED) is 0.200. The summed E-state index contributed by atoms with van der Waals surface area (Å²) in [5, 5.41) is 11.3. The fourth-order valence-corrected chi connectivity index (χ4v) is 4.47. The van der Waals surface area contributed by atoms with Gasteiger partial charge in [-0.25, -0.2) is 4.79 Å². The van der Waals surface area contributed by atoms with E-state index in [1.807, 2.05) is 45.0 Å². The second-order valence-corrected chi connectivity index (χ2v) is 8.95. The van der Waals surface area contributed by atoms with Crippen molar-refractivity contribution < 1.29 is 29.0 Å². The maximum Gasteiger partial charge on any atom is 0.338 e. The highest BCUT2D eigenvalue weighted by atomic mass is 16.5. The molecule has 1 amide bonds. The SMILES string of the molecule is CCCOC(=O)c1ccc(N2C(=O)C(=O)/C(=C(\O)c3ccc(OC)c(C)c3)C2c2cccc(C)c2)cc1. The summed E-state index contributed by atoms with van der Waals surface area (Å²) in [5.74, 6) is -1.63. The van der Waals surface area contributed by atoms with Gasteiger partial charge in [0.25, 0.3) is 11.7 Å². The second kappa shape index (κ2) is 10.7. The van der Waals surface area contributed by atoms with Crippen LogP contribution in [0.25, 0.3) is 5.76 Å². The number of carbonyl (C=O) groups is 3. The van der Waals surface area contributed by atoms with Crippen molar-refractivity contribution in [2.45, 2.75) is 33.2 Å². The minimum Gasteiger partial charge on any atom is -0.507 e. The van der Waals surface area contributed by atoms with E-state index in [4.69, 9.17) is 9.47 Å². The minimum absolute atomic E-state index is 0.00778. The number of Topliss-reactive ketones (excluding diaryl/α,β-unsaturated/α-hetero) is 1. The molecular weight excluding hydrogens is 470 g/mol. The number of aryl methyl sites for hydroxylation is 2. The van der Waals surface area contributed by atoms with Crippen molar-refractivity contribution in [1.29, 1.82) is 0 Å². The molecule has 0 aliphatic carbocycles. The molecule has 4 rings (SSSR count). The molecule has 3 aromatic rings. The van der Waals surface area contributed by atoms with Gasteiger partial charge in [0.2, 0.25) is 0 Å². The number of anilines is 1. The minimum atomic E-state index is -0.861. The molecule has 1 aliphatic rings. The molecular formula is C30H29NO6. The van der Waals surface area contributed by atoms with Gasteiger partial charge in [-0.15, -0.1) is 0 Å². The number of carbonyl (C=O) groups excluding carboxylic acids is 3. The molecule has 190 valence electrons. The molecule has 0 bridgehead atoms. The normalized spacial score (nSPS) is 16.6. The predicted molar refractivity (Wildman–Crippen MR) is 141 cm³/mol. The Morgan fingerprint density at radius 2 is 1.68 bits per heavy atom. The summed E-state index contributed by atoms with van der Waals surface area (Å²) >= 11 is 0. The standard InChI is InChI=1S/C30H29NO6/c1-5-15-37-30(35)20-9-12-23(13-10-20)31-26(21-8-6-7-18(2)16-21)25(28(33)29(31)34)27(32)22-11-14-24(36-4)19(3)17-22/h6-14,16-17,26,32H,5,15H2,1-4H3/b27-25-. The lowest BCUT2D eigenvalue weighted by Gasteiger charge is -2.26. The van der Waals surface area contributed by atoms with Gasteiger partial charge in [-0.05, 0) is 73.9 Å². The third-order valence-electron chi connectivity index (χ3n) is 6.29. The van der Waals surface area contributed by atoms with Crippen molar-refractivity contribution in [3.05, 3.63) is 100 Å². The van der Waals surface area contributed by atoms with E-state index in [0.717, 1.165) is 11.1 Å². The van der Waals surface area contributed by atoms with Crippen LogP contribution >= 0.6 is 0 Å². The zero-order chi connectivity index (χ0) is 26.7. The summed E-state index contributed by atoms with van der Waals surface area (Å²) in [6, 6.07) is 18.0. The van der Waals surface area contributed by atoms with Crippen LogP contribution in [0.2, 0.25) is 0 Å². The van der Waals surface area contributed by atoms with Crippen molar-refractivity contribution in [3.63, 3.8) is 0 Å². The lowest BCUT2D eigenvalue weighted by atomic mass is 9.93.